The molecule has 0 aromatic carbocycles. The third-order valence-corrected chi connectivity index (χ3v) is 3.75. The van der Waals surface area contributed by atoms with Crippen molar-refractivity contribution in [3.63, 3.8) is 0 Å². The zero-order valence-electron chi connectivity index (χ0n) is 14.5. The lowest BCUT2D eigenvalue weighted by Crippen LogP contribution is -2.25. The quantitative estimate of drug-likeness (QED) is 0.312. The second kappa shape index (κ2) is 12.6. The van der Waals surface area contributed by atoms with E-state index in [4.69, 9.17) is 23.7 Å². The van der Waals surface area contributed by atoms with E-state index in [2.05, 4.69) is 5.32 Å². The summed E-state index contributed by atoms with van der Waals surface area (Å²) in [6.07, 6.45) is 4.92. The molecule has 1 amide bonds. The fourth-order valence-electron chi connectivity index (χ4n) is 2.08. The van der Waals surface area contributed by atoms with E-state index >= 15 is 0 Å². The van der Waals surface area contributed by atoms with Gasteiger partial charge in [0.05, 0.1) is 33.0 Å². The molecule has 140 valence electrons. The molecule has 2 aliphatic heterocycles. The topological polar surface area (TPSA) is 81.9 Å². The maximum Gasteiger partial charge on any atom is 0.222 e. The van der Waals surface area contributed by atoms with Crippen molar-refractivity contribution in [3.05, 3.63) is 0 Å². The number of hydrogen-bond acceptors (Lipinski definition) is 6. The van der Waals surface area contributed by atoms with Crippen LogP contribution in [0.15, 0.2) is 0 Å². The van der Waals surface area contributed by atoms with Gasteiger partial charge >= 0.3 is 0 Å². The molecule has 0 aliphatic carbocycles. The average Bonchev–Trinajstić information content (AvgIpc) is 3.46. The van der Waals surface area contributed by atoms with Crippen LogP contribution in [0.3, 0.4) is 0 Å². The van der Waals surface area contributed by atoms with E-state index in [0.29, 0.717) is 51.6 Å². The molecule has 2 rings (SSSR count). The third kappa shape index (κ3) is 11.8. The van der Waals surface area contributed by atoms with Crippen LogP contribution < -0.4 is 5.32 Å². The first-order valence-electron chi connectivity index (χ1n) is 9.08. The fourth-order valence-corrected chi connectivity index (χ4v) is 2.08. The van der Waals surface area contributed by atoms with E-state index in [9.17, 15) is 4.79 Å². The van der Waals surface area contributed by atoms with Crippen molar-refractivity contribution >= 4 is 5.91 Å². The van der Waals surface area contributed by atoms with Gasteiger partial charge in [-0.3, -0.25) is 4.79 Å². The van der Waals surface area contributed by atoms with E-state index in [1.54, 1.807) is 0 Å². The zero-order chi connectivity index (χ0) is 16.9. The predicted molar refractivity (Wildman–Crippen MR) is 88.0 cm³/mol. The van der Waals surface area contributed by atoms with Crippen LogP contribution in [0.25, 0.3) is 0 Å². The van der Waals surface area contributed by atoms with E-state index in [-0.39, 0.29) is 5.91 Å². The molecule has 0 spiro atoms. The summed E-state index contributed by atoms with van der Waals surface area (Å²) in [5.41, 5.74) is 0. The van der Waals surface area contributed by atoms with Crippen molar-refractivity contribution < 1.29 is 28.5 Å². The SMILES string of the molecule is O=C(CCOCCCCOCC1CO1)NCCCCOCC1CO1. The van der Waals surface area contributed by atoms with Gasteiger partial charge in [-0.05, 0) is 25.7 Å². The monoisotopic (exact) mass is 345 g/mol. The standard InChI is InChI=1S/C17H31NO6/c19-17(18-6-1-2-8-21-11-15-13-23-15)5-10-20-7-3-4-9-22-12-16-14-24-16/h15-16H,1-14H2,(H,18,19). The molecule has 7 nitrogen and oxygen atoms in total. The van der Waals surface area contributed by atoms with Gasteiger partial charge in [0.25, 0.3) is 0 Å². The molecule has 0 bridgehead atoms. The Morgan fingerprint density at radius 3 is 1.96 bits per heavy atom. The van der Waals surface area contributed by atoms with E-state index in [1.165, 1.54) is 0 Å². The van der Waals surface area contributed by atoms with Gasteiger partial charge in [-0.15, -0.1) is 0 Å². The van der Waals surface area contributed by atoms with Gasteiger partial charge in [0.2, 0.25) is 5.91 Å². The largest absolute Gasteiger partial charge is 0.381 e. The molecule has 2 aliphatic rings. The Balaban J connectivity index is 1.22. The number of rotatable bonds is 17. The normalized spacial score (nSPS) is 21.7. The molecular formula is C17H31NO6. The van der Waals surface area contributed by atoms with Gasteiger partial charge in [-0.25, -0.2) is 0 Å². The van der Waals surface area contributed by atoms with Crippen LogP contribution in [0, 0.1) is 0 Å². The molecule has 2 fully saturated rings. The second-order valence-corrected chi connectivity index (χ2v) is 6.19. The van der Waals surface area contributed by atoms with Crippen molar-refractivity contribution in [2.45, 2.75) is 44.3 Å². The Labute approximate surface area is 144 Å². The molecule has 2 saturated heterocycles. The number of unbranched alkanes of at least 4 members (excludes halogenated alkanes) is 2. The fraction of sp³-hybridized carbons (Fsp3) is 0.941. The van der Waals surface area contributed by atoms with Gasteiger partial charge in [0.1, 0.15) is 12.2 Å². The van der Waals surface area contributed by atoms with Crippen LogP contribution in [0.1, 0.15) is 32.1 Å². The molecule has 0 aromatic heterocycles. The number of hydrogen-bond donors (Lipinski definition) is 1. The van der Waals surface area contributed by atoms with E-state index in [0.717, 1.165) is 52.1 Å². The number of ether oxygens (including phenoxy) is 5. The van der Waals surface area contributed by atoms with E-state index in [1.807, 2.05) is 0 Å². The first-order chi connectivity index (χ1) is 11.8. The molecule has 2 unspecified atom stereocenters. The highest BCUT2D eigenvalue weighted by atomic mass is 16.6. The summed E-state index contributed by atoms with van der Waals surface area (Å²) < 4.78 is 26.4. The van der Waals surface area contributed by atoms with Gasteiger partial charge in [0.15, 0.2) is 0 Å². The van der Waals surface area contributed by atoms with Gasteiger partial charge < -0.3 is 29.0 Å². The predicted octanol–water partition coefficient (Wildman–Crippen LogP) is 0.901. The molecule has 1 N–H and O–H groups in total. The number of nitrogens with one attached hydrogen (secondary N) is 1. The Bertz CT molecular complexity index is 333. The summed E-state index contributed by atoms with van der Waals surface area (Å²) in [6.45, 7) is 6.43. The lowest BCUT2D eigenvalue weighted by molar-refractivity contribution is -0.122. The van der Waals surface area contributed by atoms with Crippen LogP contribution in [0.4, 0.5) is 0 Å². The lowest BCUT2D eigenvalue weighted by atomic mass is 10.3. The highest BCUT2D eigenvalue weighted by Gasteiger charge is 2.22. The lowest BCUT2D eigenvalue weighted by Gasteiger charge is -2.07. The molecule has 0 saturated carbocycles. The summed E-state index contributed by atoms with van der Waals surface area (Å²) in [4.78, 5) is 11.6. The Morgan fingerprint density at radius 1 is 0.833 bits per heavy atom. The molecule has 2 heterocycles. The molecule has 24 heavy (non-hydrogen) atoms. The van der Waals surface area contributed by atoms with Crippen molar-refractivity contribution in [2.24, 2.45) is 0 Å². The molecular weight excluding hydrogens is 314 g/mol. The van der Waals surface area contributed by atoms with Crippen molar-refractivity contribution in [2.75, 3.05) is 59.4 Å². The van der Waals surface area contributed by atoms with Gasteiger partial charge in [-0.1, -0.05) is 0 Å². The summed E-state index contributed by atoms with van der Waals surface area (Å²) in [5.74, 6) is 0.0510. The minimum Gasteiger partial charge on any atom is -0.381 e. The van der Waals surface area contributed by atoms with E-state index < -0.39 is 0 Å². The molecule has 7 heteroatoms. The van der Waals surface area contributed by atoms with Crippen molar-refractivity contribution in [1.82, 2.24) is 5.32 Å². The summed E-state index contributed by atoms with van der Waals surface area (Å²) in [6, 6.07) is 0. The Kier molecular flexibility index (Phi) is 10.3. The Morgan fingerprint density at radius 2 is 1.38 bits per heavy atom. The molecule has 2 atom stereocenters. The third-order valence-electron chi connectivity index (χ3n) is 3.75. The smallest absolute Gasteiger partial charge is 0.222 e. The average molecular weight is 345 g/mol. The summed E-state index contributed by atoms with van der Waals surface area (Å²) >= 11 is 0. The number of carbonyl (C=O) groups is 1. The number of amides is 1. The van der Waals surface area contributed by atoms with Gasteiger partial charge in [0, 0.05) is 32.8 Å². The summed E-state index contributed by atoms with van der Waals surface area (Å²) in [5, 5.41) is 2.90. The van der Waals surface area contributed by atoms with Crippen molar-refractivity contribution in [1.29, 1.82) is 0 Å². The first-order valence-corrected chi connectivity index (χ1v) is 9.08. The van der Waals surface area contributed by atoms with Crippen LogP contribution in [0.2, 0.25) is 0 Å². The van der Waals surface area contributed by atoms with Gasteiger partial charge in [-0.2, -0.15) is 0 Å². The van der Waals surface area contributed by atoms with Crippen LogP contribution in [0.5, 0.6) is 0 Å². The molecule has 0 aromatic rings. The maximum atomic E-state index is 11.6. The second-order valence-electron chi connectivity index (χ2n) is 6.19. The van der Waals surface area contributed by atoms with Crippen molar-refractivity contribution in [3.8, 4) is 0 Å². The minimum absolute atomic E-state index is 0.0510. The number of epoxide rings is 2. The Hall–Kier alpha value is -0.730. The molecule has 0 radical (unpaired) electrons. The highest BCUT2D eigenvalue weighted by Crippen LogP contribution is 2.09. The van der Waals surface area contributed by atoms with Crippen LogP contribution in [-0.2, 0) is 28.5 Å². The minimum atomic E-state index is 0.0510. The van der Waals surface area contributed by atoms with Crippen LogP contribution in [-0.4, -0.2) is 77.5 Å². The maximum absolute atomic E-state index is 11.6. The summed E-state index contributed by atoms with van der Waals surface area (Å²) in [7, 11) is 0. The van der Waals surface area contributed by atoms with Crippen LogP contribution >= 0.6 is 0 Å². The number of carbonyl (C=O) groups excluding carboxylic acids is 1. The highest BCUT2D eigenvalue weighted by molar-refractivity contribution is 5.75. The zero-order valence-corrected chi connectivity index (χ0v) is 14.5. The first kappa shape index (κ1) is 19.6.